The van der Waals surface area contributed by atoms with Crippen molar-refractivity contribution in [2.45, 2.75) is 31.4 Å². The summed E-state index contributed by atoms with van der Waals surface area (Å²) in [6.07, 6.45) is 2.32. The maximum Gasteiger partial charge on any atom is 0.248 e. The van der Waals surface area contributed by atoms with E-state index in [1.54, 1.807) is 9.80 Å². The molecule has 132 valence electrons. The van der Waals surface area contributed by atoms with E-state index in [2.05, 4.69) is 5.32 Å². The lowest BCUT2D eigenvalue weighted by Crippen LogP contribution is -2.54. The summed E-state index contributed by atoms with van der Waals surface area (Å²) < 4.78 is 5.57. The highest BCUT2D eigenvalue weighted by atomic mass is 16.5. The van der Waals surface area contributed by atoms with Crippen LogP contribution in [-0.2, 0) is 25.5 Å². The zero-order chi connectivity index (χ0) is 17.4. The van der Waals surface area contributed by atoms with E-state index in [0.717, 1.165) is 17.7 Å². The van der Waals surface area contributed by atoms with Crippen LogP contribution in [0.25, 0.3) is 0 Å². The van der Waals surface area contributed by atoms with Gasteiger partial charge in [0.05, 0.1) is 0 Å². The number of likely N-dealkylation sites (tertiary alicyclic amines) is 1. The molecule has 0 aliphatic carbocycles. The number of aryl methyl sites for hydroxylation is 1. The number of nitrogens with zero attached hydrogens (tertiary/aromatic N) is 2. The Morgan fingerprint density at radius 3 is 2.64 bits per heavy atom. The number of rotatable bonds is 2. The van der Waals surface area contributed by atoms with Crippen molar-refractivity contribution >= 4 is 23.4 Å². The average Bonchev–Trinajstić information content (AvgIpc) is 2.98. The maximum atomic E-state index is 12.7. The summed E-state index contributed by atoms with van der Waals surface area (Å²) in [4.78, 5) is 39.7. The Morgan fingerprint density at radius 1 is 1.16 bits per heavy atom. The number of benzene rings is 1. The molecular weight excluding hydrogens is 322 g/mol. The molecule has 0 unspecified atom stereocenters. The quantitative estimate of drug-likeness (QED) is 0.845. The number of nitrogens with one attached hydrogen (secondary N) is 1. The predicted octanol–water partition coefficient (Wildman–Crippen LogP) is 0.431. The molecule has 0 aromatic heterocycles. The van der Waals surface area contributed by atoms with E-state index >= 15 is 0 Å². The van der Waals surface area contributed by atoms with Crippen molar-refractivity contribution in [1.82, 2.24) is 10.2 Å². The van der Waals surface area contributed by atoms with Gasteiger partial charge in [0.25, 0.3) is 0 Å². The van der Waals surface area contributed by atoms with Crippen molar-refractivity contribution in [3.05, 3.63) is 29.8 Å². The van der Waals surface area contributed by atoms with Gasteiger partial charge in [-0.05, 0) is 18.1 Å². The number of carbonyl (C=O) groups excluding carboxylic acids is 3. The molecule has 0 atom stereocenters. The van der Waals surface area contributed by atoms with Gasteiger partial charge in [0.1, 0.15) is 18.9 Å². The highest BCUT2D eigenvalue weighted by molar-refractivity contribution is 6.01. The third-order valence-electron chi connectivity index (χ3n) is 5.26. The van der Waals surface area contributed by atoms with Gasteiger partial charge in [0.15, 0.2) is 0 Å². The minimum atomic E-state index is -0.610. The molecule has 1 aromatic carbocycles. The number of fused-ring (bicyclic) bond motifs is 1. The topological polar surface area (TPSA) is 79.0 Å². The fourth-order valence-corrected chi connectivity index (χ4v) is 3.82. The summed E-state index contributed by atoms with van der Waals surface area (Å²) in [6, 6.07) is 7.74. The Kier molecular flexibility index (Phi) is 3.95. The summed E-state index contributed by atoms with van der Waals surface area (Å²) in [5, 5.41) is 2.87. The van der Waals surface area contributed by atoms with Gasteiger partial charge in [-0.15, -0.1) is 0 Å². The zero-order valence-corrected chi connectivity index (χ0v) is 14.0. The number of hydrogen-bond acceptors (Lipinski definition) is 4. The van der Waals surface area contributed by atoms with E-state index in [1.165, 1.54) is 0 Å². The van der Waals surface area contributed by atoms with Crippen LogP contribution in [0.2, 0.25) is 0 Å². The van der Waals surface area contributed by atoms with Gasteiger partial charge in [0.2, 0.25) is 17.7 Å². The van der Waals surface area contributed by atoms with Crippen LogP contribution in [0.4, 0.5) is 5.69 Å². The normalized spacial score (nSPS) is 22.1. The van der Waals surface area contributed by atoms with Crippen LogP contribution in [0.15, 0.2) is 24.3 Å². The van der Waals surface area contributed by atoms with Crippen molar-refractivity contribution in [1.29, 1.82) is 0 Å². The molecule has 0 radical (unpaired) electrons. The second-order valence-corrected chi connectivity index (χ2v) is 6.82. The molecule has 2 fully saturated rings. The number of anilines is 1. The van der Waals surface area contributed by atoms with E-state index in [-0.39, 0.29) is 30.9 Å². The molecule has 3 amide bonds. The molecule has 25 heavy (non-hydrogen) atoms. The molecule has 1 aromatic rings. The smallest absolute Gasteiger partial charge is 0.248 e. The number of ether oxygens (including phenoxy) is 1. The van der Waals surface area contributed by atoms with Crippen LogP contribution in [0.1, 0.15) is 24.8 Å². The summed E-state index contributed by atoms with van der Waals surface area (Å²) >= 11 is 0. The molecule has 3 aliphatic heterocycles. The first-order chi connectivity index (χ1) is 12.1. The number of carbonyl (C=O) groups is 3. The van der Waals surface area contributed by atoms with Gasteiger partial charge in [-0.25, -0.2) is 0 Å². The summed E-state index contributed by atoms with van der Waals surface area (Å²) in [5.74, 6) is -0.175. The van der Waals surface area contributed by atoms with Crippen LogP contribution in [0, 0.1) is 0 Å². The van der Waals surface area contributed by atoms with E-state index in [1.807, 2.05) is 24.3 Å². The van der Waals surface area contributed by atoms with Gasteiger partial charge < -0.3 is 19.9 Å². The Labute approximate surface area is 145 Å². The number of piperidine rings is 1. The third kappa shape index (κ3) is 3.00. The Bertz CT molecular complexity index is 725. The van der Waals surface area contributed by atoms with Crippen molar-refractivity contribution in [3.8, 4) is 0 Å². The van der Waals surface area contributed by atoms with Gasteiger partial charge in [-0.3, -0.25) is 14.4 Å². The molecule has 3 heterocycles. The molecule has 0 bridgehead atoms. The van der Waals surface area contributed by atoms with Crippen LogP contribution in [0.3, 0.4) is 0 Å². The van der Waals surface area contributed by atoms with Crippen molar-refractivity contribution < 1.29 is 19.1 Å². The second kappa shape index (κ2) is 6.15. The molecule has 0 saturated carbocycles. The zero-order valence-electron chi connectivity index (χ0n) is 14.0. The third-order valence-corrected chi connectivity index (χ3v) is 5.26. The molecule has 2 saturated heterocycles. The standard InChI is InChI=1S/C18H21N3O4/c22-15-12-25-18(19-15)7-9-20(10-8-18)17(24)11-21-14-4-2-1-3-13(14)5-6-16(21)23/h1-4H,5-12H2,(H,19,22). The summed E-state index contributed by atoms with van der Waals surface area (Å²) in [6.45, 7) is 1.19. The largest absolute Gasteiger partial charge is 0.346 e. The molecule has 1 spiro atoms. The number of hydrogen-bond donors (Lipinski definition) is 1. The Morgan fingerprint density at radius 2 is 1.92 bits per heavy atom. The van der Waals surface area contributed by atoms with Crippen molar-refractivity contribution in [3.63, 3.8) is 0 Å². The Balaban J connectivity index is 1.41. The van der Waals surface area contributed by atoms with Crippen molar-refractivity contribution in [2.75, 3.05) is 31.1 Å². The average molecular weight is 343 g/mol. The highest BCUT2D eigenvalue weighted by Crippen LogP contribution is 2.29. The predicted molar refractivity (Wildman–Crippen MR) is 89.8 cm³/mol. The maximum absolute atomic E-state index is 12.7. The first kappa shape index (κ1) is 16.1. The fourth-order valence-electron chi connectivity index (χ4n) is 3.82. The minimum Gasteiger partial charge on any atom is -0.346 e. The van der Waals surface area contributed by atoms with Gasteiger partial charge in [-0.2, -0.15) is 0 Å². The molecular formula is C18H21N3O4. The molecule has 7 heteroatoms. The van der Waals surface area contributed by atoms with E-state index in [4.69, 9.17) is 4.74 Å². The number of amides is 3. The molecule has 7 nitrogen and oxygen atoms in total. The fraction of sp³-hybridized carbons (Fsp3) is 0.500. The lowest BCUT2D eigenvalue weighted by atomic mass is 9.99. The van der Waals surface area contributed by atoms with Crippen LogP contribution < -0.4 is 10.2 Å². The summed E-state index contributed by atoms with van der Waals surface area (Å²) in [7, 11) is 0. The first-order valence-corrected chi connectivity index (χ1v) is 8.67. The number of para-hydroxylation sites is 1. The van der Waals surface area contributed by atoms with Gasteiger partial charge >= 0.3 is 0 Å². The van der Waals surface area contributed by atoms with Gasteiger partial charge in [-0.1, -0.05) is 18.2 Å². The minimum absolute atomic E-state index is 0.00748. The lowest BCUT2D eigenvalue weighted by Gasteiger charge is -2.39. The summed E-state index contributed by atoms with van der Waals surface area (Å²) in [5.41, 5.74) is 1.34. The van der Waals surface area contributed by atoms with Crippen LogP contribution >= 0.6 is 0 Å². The van der Waals surface area contributed by atoms with Gasteiger partial charge in [0, 0.05) is 38.0 Å². The van der Waals surface area contributed by atoms with Crippen LogP contribution in [0.5, 0.6) is 0 Å². The Hall–Kier alpha value is -2.41. The van der Waals surface area contributed by atoms with Crippen LogP contribution in [-0.4, -0.2) is 54.6 Å². The van der Waals surface area contributed by atoms with E-state index < -0.39 is 5.72 Å². The molecule has 1 N–H and O–H groups in total. The highest BCUT2D eigenvalue weighted by Gasteiger charge is 2.42. The van der Waals surface area contributed by atoms with Crippen molar-refractivity contribution in [2.24, 2.45) is 0 Å². The first-order valence-electron chi connectivity index (χ1n) is 8.67. The van der Waals surface area contributed by atoms with E-state index in [9.17, 15) is 14.4 Å². The lowest BCUT2D eigenvalue weighted by molar-refractivity contribution is -0.136. The second-order valence-electron chi connectivity index (χ2n) is 6.82. The molecule has 4 rings (SSSR count). The monoisotopic (exact) mass is 343 g/mol. The molecule has 3 aliphatic rings. The SMILES string of the molecule is O=C1COC2(CCN(C(=O)CN3C(=O)CCc4ccccc43)CC2)N1. The van der Waals surface area contributed by atoms with E-state index in [0.29, 0.717) is 32.4 Å².